The number of rotatable bonds is 4. The first-order valence-electron chi connectivity index (χ1n) is 6.74. The summed E-state index contributed by atoms with van der Waals surface area (Å²) in [5.41, 5.74) is 1.38. The zero-order chi connectivity index (χ0) is 13.0. The second kappa shape index (κ2) is 6.03. The van der Waals surface area contributed by atoms with Crippen LogP contribution in [0.25, 0.3) is 0 Å². The Balaban J connectivity index is 2.17. The summed E-state index contributed by atoms with van der Waals surface area (Å²) in [7, 11) is 2.00. The van der Waals surface area contributed by atoms with Crippen LogP contribution in [0.15, 0.2) is 18.2 Å². The molecule has 0 aromatic heterocycles. The maximum absolute atomic E-state index is 13.1. The average molecular weight is 270 g/mol. The van der Waals surface area contributed by atoms with Crippen molar-refractivity contribution in [2.24, 2.45) is 5.41 Å². The highest BCUT2D eigenvalue weighted by Crippen LogP contribution is 2.40. The van der Waals surface area contributed by atoms with Crippen molar-refractivity contribution in [1.82, 2.24) is 5.32 Å². The summed E-state index contributed by atoms with van der Waals surface area (Å²) in [5, 5.41) is 3.88. The van der Waals surface area contributed by atoms with E-state index >= 15 is 0 Å². The maximum atomic E-state index is 13.1. The van der Waals surface area contributed by atoms with Gasteiger partial charge in [-0.2, -0.15) is 0 Å². The standard InChI is InChI=1S/C15H21ClFN/c1-18-11-15(7-3-2-4-8-15)10-12-5-6-13(17)9-14(12)16/h5-6,9,18H,2-4,7-8,10-11H2,1H3. The van der Waals surface area contributed by atoms with Crippen molar-refractivity contribution < 1.29 is 4.39 Å². The van der Waals surface area contributed by atoms with E-state index in [1.54, 1.807) is 0 Å². The zero-order valence-corrected chi connectivity index (χ0v) is 11.7. The third-order valence-electron chi connectivity index (χ3n) is 4.05. The molecule has 1 aliphatic carbocycles. The molecule has 0 atom stereocenters. The van der Waals surface area contributed by atoms with Crippen LogP contribution >= 0.6 is 11.6 Å². The minimum Gasteiger partial charge on any atom is -0.319 e. The van der Waals surface area contributed by atoms with E-state index in [0.29, 0.717) is 10.4 Å². The maximum Gasteiger partial charge on any atom is 0.124 e. The minimum atomic E-state index is -0.255. The lowest BCUT2D eigenvalue weighted by atomic mass is 9.70. The van der Waals surface area contributed by atoms with Gasteiger partial charge in [0.2, 0.25) is 0 Å². The lowest BCUT2D eigenvalue weighted by Crippen LogP contribution is -2.36. The molecule has 1 aromatic rings. The lowest BCUT2D eigenvalue weighted by molar-refractivity contribution is 0.185. The van der Waals surface area contributed by atoms with Gasteiger partial charge < -0.3 is 5.32 Å². The minimum absolute atomic E-state index is 0.255. The number of hydrogen-bond donors (Lipinski definition) is 1. The molecule has 0 saturated heterocycles. The molecule has 2 rings (SSSR count). The first kappa shape index (κ1) is 13.8. The smallest absolute Gasteiger partial charge is 0.124 e. The van der Waals surface area contributed by atoms with Gasteiger partial charge in [-0.15, -0.1) is 0 Å². The molecule has 0 aliphatic heterocycles. The van der Waals surface area contributed by atoms with Gasteiger partial charge in [0.1, 0.15) is 5.82 Å². The third-order valence-corrected chi connectivity index (χ3v) is 4.40. The molecule has 0 spiro atoms. The van der Waals surface area contributed by atoms with Crippen molar-refractivity contribution in [2.75, 3.05) is 13.6 Å². The topological polar surface area (TPSA) is 12.0 Å². The van der Waals surface area contributed by atoms with Gasteiger partial charge in [-0.1, -0.05) is 36.9 Å². The quantitative estimate of drug-likeness (QED) is 0.864. The molecule has 0 bridgehead atoms. The lowest BCUT2D eigenvalue weighted by Gasteiger charge is -2.37. The van der Waals surface area contributed by atoms with Crippen molar-refractivity contribution in [3.05, 3.63) is 34.6 Å². The van der Waals surface area contributed by atoms with Crippen molar-refractivity contribution in [2.45, 2.75) is 38.5 Å². The van der Waals surface area contributed by atoms with Gasteiger partial charge in [0, 0.05) is 11.6 Å². The van der Waals surface area contributed by atoms with Gasteiger partial charge in [-0.25, -0.2) is 4.39 Å². The van der Waals surface area contributed by atoms with Crippen LogP contribution in [-0.2, 0) is 6.42 Å². The molecule has 0 amide bonds. The number of hydrogen-bond acceptors (Lipinski definition) is 1. The van der Waals surface area contributed by atoms with E-state index < -0.39 is 0 Å². The molecule has 1 saturated carbocycles. The summed E-state index contributed by atoms with van der Waals surface area (Å²) in [5.74, 6) is -0.255. The van der Waals surface area contributed by atoms with E-state index in [1.807, 2.05) is 13.1 Å². The first-order valence-corrected chi connectivity index (χ1v) is 7.12. The summed E-state index contributed by atoms with van der Waals surface area (Å²) in [6, 6.07) is 4.77. The largest absolute Gasteiger partial charge is 0.319 e. The molecule has 1 N–H and O–H groups in total. The molecule has 18 heavy (non-hydrogen) atoms. The summed E-state index contributed by atoms with van der Waals surface area (Å²) in [6.07, 6.45) is 7.35. The normalized spacial score (nSPS) is 18.8. The van der Waals surface area contributed by atoms with E-state index in [4.69, 9.17) is 11.6 Å². The second-order valence-corrected chi connectivity index (χ2v) is 5.91. The summed E-state index contributed by atoms with van der Waals surface area (Å²) < 4.78 is 13.1. The van der Waals surface area contributed by atoms with Gasteiger partial charge >= 0.3 is 0 Å². The summed E-state index contributed by atoms with van der Waals surface area (Å²) >= 11 is 6.15. The molecule has 3 heteroatoms. The highest BCUT2D eigenvalue weighted by molar-refractivity contribution is 6.31. The van der Waals surface area contributed by atoms with Gasteiger partial charge in [-0.05, 0) is 49.4 Å². The Morgan fingerprint density at radius 1 is 1.28 bits per heavy atom. The Morgan fingerprint density at radius 3 is 2.61 bits per heavy atom. The fourth-order valence-corrected chi connectivity index (χ4v) is 3.40. The van der Waals surface area contributed by atoms with Gasteiger partial charge in [0.25, 0.3) is 0 Å². The van der Waals surface area contributed by atoms with Crippen LogP contribution in [0.5, 0.6) is 0 Å². The van der Waals surface area contributed by atoms with E-state index in [-0.39, 0.29) is 5.82 Å². The molecule has 1 aliphatic rings. The highest BCUT2D eigenvalue weighted by atomic mass is 35.5. The molecule has 1 aromatic carbocycles. The number of nitrogens with one attached hydrogen (secondary N) is 1. The van der Waals surface area contributed by atoms with E-state index in [2.05, 4.69) is 5.32 Å². The zero-order valence-electron chi connectivity index (χ0n) is 10.9. The number of halogens is 2. The Hall–Kier alpha value is -0.600. The Morgan fingerprint density at radius 2 is 2.00 bits per heavy atom. The molecule has 1 nitrogen and oxygen atoms in total. The predicted molar refractivity (Wildman–Crippen MR) is 74.6 cm³/mol. The summed E-state index contributed by atoms with van der Waals surface area (Å²) in [6.45, 7) is 1.01. The van der Waals surface area contributed by atoms with E-state index in [1.165, 1.54) is 44.2 Å². The van der Waals surface area contributed by atoms with Crippen LogP contribution in [0.1, 0.15) is 37.7 Å². The predicted octanol–water partition coefficient (Wildman–Crippen LogP) is 4.19. The molecule has 1 fully saturated rings. The molecule has 100 valence electrons. The number of benzene rings is 1. The highest BCUT2D eigenvalue weighted by Gasteiger charge is 2.32. The second-order valence-electron chi connectivity index (χ2n) is 5.50. The van der Waals surface area contributed by atoms with Crippen LogP contribution in [-0.4, -0.2) is 13.6 Å². The molecular weight excluding hydrogens is 249 g/mol. The Kier molecular flexibility index (Phi) is 4.63. The average Bonchev–Trinajstić information content (AvgIpc) is 2.34. The van der Waals surface area contributed by atoms with Gasteiger partial charge in [0.15, 0.2) is 0 Å². The Labute approximate surface area is 114 Å². The van der Waals surface area contributed by atoms with Crippen LogP contribution in [0.3, 0.4) is 0 Å². The van der Waals surface area contributed by atoms with Crippen LogP contribution in [0.4, 0.5) is 4.39 Å². The SMILES string of the molecule is CNCC1(Cc2ccc(F)cc2Cl)CCCCC1. The monoisotopic (exact) mass is 269 g/mol. The summed E-state index contributed by atoms with van der Waals surface area (Å²) in [4.78, 5) is 0. The van der Waals surface area contributed by atoms with Gasteiger partial charge in [0.05, 0.1) is 0 Å². The third kappa shape index (κ3) is 3.24. The van der Waals surface area contributed by atoms with Crippen LogP contribution < -0.4 is 5.32 Å². The van der Waals surface area contributed by atoms with Crippen molar-refractivity contribution in [3.63, 3.8) is 0 Å². The van der Waals surface area contributed by atoms with E-state index in [9.17, 15) is 4.39 Å². The fourth-order valence-electron chi connectivity index (χ4n) is 3.16. The molecular formula is C15H21ClFN. The van der Waals surface area contributed by atoms with Crippen molar-refractivity contribution in [3.8, 4) is 0 Å². The molecule has 0 heterocycles. The first-order chi connectivity index (χ1) is 8.65. The van der Waals surface area contributed by atoms with Crippen LogP contribution in [0, 0.1) is 11.2 Å². The molecule has 0 radical (unpaired) electrons. The van der Waals surface area contributed by atoms with Crippen LogP contribution in [0.2, 0.25) is 5.02 Å². The Bertz CT molecular complexity index is 394. The van der Waals surface area contributed by atoms with E-state index in [0.717, 1.165) is 18.5 Å². The van der Waals surface area contributed by atoms with Crippen molar-refractivity contribution >= 4 is 11.6 Å². The molecule has 0 unspecified atom stereocenters. The van der Waals surface area contributed by atoms with Gasteiger partial charge in [-0.3, -0.25) is 0 Å². The van der Waals surface area contributed by atoms with Crippen molar-refractivity contribution in [1.29, 1.82) is 0 Å². The fraction of sp³-hybridized carbons (Fsp3) is 0.600.